The monoisotopic (exact) mass is 277 g/mol. The van der Waals surface area contributed by atoms with Gasteiger partial charge in [-0.25, -0.2) is 0 Å². The van der Waals surface area contributed by atoms with Crippen LogP contribution >= 0.6 is 0 Å². The van der Waals surface area contributed by atoms with Crippen molar-refractivity contribution in [1.82, 2.24) is 4.90 Å². The smallest absolute Gasteiger partial charge is 0.152 e. The SMILES string of the molecule is COc1ccc(CC(C(=O)C(C)C)N(C)C(C)C)cc1. The summed E-state index contributed by atoms with van der Waals surface area (Å²) in [7, 11) is 3.69. The molecule has 3 heteroatoms. The van der Waals surface area contributed by atoms with Gasteiger partial charge in [0.25, 0.3) is 0 Å². The van der Waals surface area contributed by atoms with Crippen LogP contribution in [0.15, 0.2) is 24.3 Å². The lowest BCUT2D eigenvalue weighted by atomic mass is 9.94. The van der Waals surface area contributed by atoms with Gasteiger partial charge in [-0.2, -0.15) is 0 Å². The molecule has 1 rings (SSSR count). The van der Waals surface area contributed by atoms with E-state index < -0.39 is 0 Å². The molecular weight excluding hydrogens is 250 g/mol. The van der Waals surface area contributed by atoms with E-state index in [0.29, 0.717) is 11.8 Å². The van der Waals surface area contributed by atoms with Crippen molar-refractivity contribution in [2.75, 3.05) is 14.2 Å². The summed E-state index contributed by atoms with van der Waals surface area (Å²) in [6.45, 7) is 8.18. The molecule has 0 bridgehead atoms. The lowest BCUT2D eigenvalue weighted by Gasteiger charge is -2.31. The number of benzene rings is 1. The number of methoxy groups -OCH3 is 1. The molecule has 0 heterocycles. The molecule has 0 fully saturated rings. The molecule has 0 aromatic heterocycles. The molecule has 1 atom stereocenters. The molecule has 112 valence electrons. The fourth-order valence-electron chi connectivity index (χ4n) is 2.17. The van der Waals surface area contributed by atoms with Crippen molar-refractivity contribution >= 4 is 5.78 Å². The van der Waals surface area contributed by atoms with E-state index in [1.54, 1.807) is 7.11 Å². The van der Waals surface area contributed by atoms with E-state index in [9.17, 15) is 4.79 Å². The van der Waals surface area contributed by atoms with Crippen molar-refractivity contribution in [3.8, 4) is 5.75 Å². The van der Waals surface area contributed by atoms with Gasteiger partial charge in [-0.15, -0.1) is 0 Å². The molecule has 0 saturated heterocycles. The van der Waals surface area contributed by atoms with E-state index in [4.69, 9.17) is 4.74 Å². The van der Waals surface area contributed by atoms with Crippen LogP contribution in [0.25, 0.3) is 0 Å². The molecule has 0 aliphatic rings. The number of likely N-dealkylation sites (N-methyl/N-ethyl adjacent to an activating group) is 1. The summed E-state index contributed by atoms with van der Waals surface area (Å²) >= 11 is 0. The third kappa shape index (κ3) is 4.34. The zero-order valence-electron chi connectivity index (χ0n) is 13.5. The minimum absolute atomic E-state index is 0.0550. The second-order valence-corrected chi connectivity index (χ2v) is 5.88. The molecule has 0 amide bonds. The highest BCUT2D eigenvalue weighted by atomic mass is 16.5. The maximum absolute atomic E-state index is 12.5. The van der Waals surface area contributed by atoms with Gasteiger partial charge in [0.15, 0.2) is 5.78 Å². The first kappa shape index (κ1) is 16.7. The molecule has 20 heavy (non-hydrogen) atoms. The molecule has 0 spiro atoms. The average molecular weight is 277 g/mol. The molecule has 0 saturated carbocycles. The fourth-order valence-corrected chi connectivity index (χ4v) is 2.17. The maximum atomic E-state index is 12.5. The van der Waals surface area contributed by atoms with E-state index in [2.05, 4.69) is 18.7 Å². The highest BCUT2D eigenvalue weighted by molar-refractivity contribution is 5.86. The van der Waals surface area contributed by atoms with Crippen LogP contribution in [0.5, 0.6) is 5.75 Å². The molecular formula is C17H27NO2. The number of ether oxygens (including phenoxy) is 1. The zero-order valence-corrected chi connectivity index (χ0v) is 13.5. The predicted octanol–water partition coefficient (Wildman–Crippen LogP) is 3.17. The number of rotatable bonds is 7. The van der Waals surface area contributed by atoms with Crippen molar-refractivity contribution in [2.45, 2.75) is 46.2 Å². The minimum Gasteiger partial charge on any atom is -0.497 e. The van der Waals surface area contributed by atoms with Crippen LogP contribution in [0.4, 0.5) is 0 Å². The number of nitrogens with zero attached hydrogens (tertiary/aromatic N) is 1. The Morgan fingerprint density at radius 2 is 1.70 bits per heavy atom. The lowest BCUT2D eigenvalue weighted by Crippen LogP contribution is -2.45. The van der Waals surface area contributed by atoms with Crippen LogP contribution in [0, 0.1) is 5.92 Å². The number of carbonyl (C=O) groups excluding carboxylic acids is 1. The topological polar surface area (TPSA) is 29.5 Å². The normalized spacial score (nSPS) is 13.1. The zero-order chi connectivity index (χ0) is 15.3. The molecule has 1 aromatic rings. The van der Waals surface area contributed by atoms with Crippen LogP contribution < -0.4 is 4.74 Å². The third-order valence-electron chi connectivity index (χ3n) is 3.79. The van der Waals surface area contributed by atoms with E-state index in [1.807, 2.05) is 45.2 Å². The largest absolute Gasteiger partial charge is 0.497 e. The van der Waals surface area contributed by atoms with Gasteiger partial charge < -0.3 is 4.74 Å². The van der Waals surface area contributed by atoms with E-state index >= 15 is 0 Å². The molecule has 1 aromatic carbocycles. The number of ketones is 1. The van der Waals surface area contributed by atoms with Crippen molar-refractivity contribution in [3.05, 3.63) is 29.8 Å². The van der Waals surface area contributed by atoms with Crippen LogP contribution in [-0.4, -0.2) is 36.9 Å². The molecule has 0 radical (unpaired) electrons. The summed E-state index contributed by atoms with van der Waals surface area (Å²) in [5.41, 5.74) is 1.16. The summed E-state index contributed by atoms with van der Waals surface area (Å²) in [5.74, 6) is 1.20. The third-order valence-corrected chi connectivity index (χ3v) is 3.79. The van der Waals surface area contributed by atoms with Gasteiger partial charge in [-0.3, -0.25) is 9.69 Å². The van der Waals surface area contributed by atoms with E-state index in [1.165, 1.54) is 0 Å². The van der Waals surface area contributed by atoms with Crippen molar-refractivity contribution in [2.24, 2.45) is 5.92 Å². The summed E-state index contributed by atoms with van der Waals surface area (Å²) < 4.78 is 5.17. The van der Waals surface area contributed by atoms with Gasteiger partial charge in [0.2, 0.25) is 0 Å². The Balaban J connectivity index is 2.90. The Labute approximate surface area is 122 Å². The molecule has 3 nitrogen and oxygen atoms in total. The van der Waals surface area contributed by atoms with E-state index in [-0.39, 0.29) is 12.0 Å². The Kier molecular flexibility index (Phi) is 6.21. The summed E-state index contributed by atoms with van der Waals surface area (Å²) in [6, 6.07) is 8.24. The Bertz CT molecular complexity index is 423. The Morgan fingerprint density at radius 1 is 1.15 bits per heavy atom. The van der Waals surface area contributed by atoms with Gasteiger partial charge in [-0.05, 0) is 45.0 Å². The van der Waals surface area contributed by atoms with Crippen LogP contribution in [0.3, 0.4) is 0 Å². The number of hydrogen-bond donors (Lipinski definition) is 0. The second-order valence-electron chi connectivity index (χ2n) is 5.88. The van der Waals surface area contributed by atoms with Gasteiger partial charge in [0.1, 0.15) is 5.75 Å². The molecule has 0 aliphatic heterocycles. The first-order valence-corrected chi connectivity index (χ1v) is 7.25. The number of carbonyl (C=O) groups is 1. The van der Waals surface area contributed by atoms with Crippen LogP contribution in [0.2, 0.25) is 0 Å². The first-order valence-electron chi connectivity index (χ1n) is 7.25. The first-order chi connectivity index (χ1) is 9.36. The lowest BCUT2D eigenvalue weighted by molar-refractivity contribution is -0.127. The van der Waals surface area contributed by atoms with Gasteiger partial charge in [-0.1, -0.05) is 26.0 Å². The summed E-state index contributed by atoms with van der Waals surface area (Å²) in [6.07, 6.45) is 0.746. The van der Waals surface area contributed by atoms with Crippen LogP contribution in [-0.2, 0) is 11.2 Å². The molecule has 0 aliphatic carbocycles. The van der Waals surface area contributed by atoms with Gasteiger partial charge in [0.05, 0.1) is 13.2 Å². The minimum atomic E-state index is -0.0663. The quantitative estimate of drug-likeness (QED) is 0.766. The Hall–Kier alpha value is -1.35. The molecule has 1 unspecified atom stereocenters. The van der Waals surface area contributed by atoms with Crippen LogP contribution in [0.1, 0.15) is 33.3 Å². The Morgan fingerprint density at radius 3 is 2.10 bits per heavy atom. The summed E-state index contributed by atoms with van der Waals surface area (Å²) in [5, 5.41) is 0. The maximum Gasteiger partial charge on any atom is 0.152 e. The average Bonchev–Trinajstić information content (AvgIpc) is 2.43. The van der Waals surface area contributed by atoms with Crippen molar-refractivity contribution < 1.29 is 9.53 Å². The highest BCUT2D eigenvalue weighted by Gasteiger charge is 2.26. The summed E-state index contributed by atoms with van der Waals surface area (Å²) in [4.78, 5) is 14.6. The molecule has 0 N–H and O–H groups in total. The van der Waals surface area contributed by atoms with Gasteiger partial charge >= 0.3 is 0 Å². The second kappa shape index (κ2) is 7.44. The standard InChI is InChI=1S/C17H27NO2/c1-12(2)17(19)16(18(5)13(3)4)11-14-7-9-15(20-6)10-8-14/h7-10,12-13,16H,11H2,1-6H3. The highest BCUT2D eigenvalue weighted by Crippen LogP contribution is 2.17. The fraction of sp³-hybridized carbons (Fsp3) is 0.588. The number of Topliss-reactive ketones (excluding diaryl/α,β-unsaturated/α-hetero) is 1. The van der Waals surface area contributed by atoms with Gasteiger partial charge in [0, 0.05) is 12.0 Å². The number of hydrogen-bond acceptors (Lipinski definition) is 3. The predicted molar refractivity (Wildman–Crippen MR) is 83.2 cm³/mol. The van der Waals surface area contributed by atoms with Crippen molar-refractivity contribution in [1.29, 1.82) is 0 Å². The van der Waals surface area contributed by atoms with Crippen molar-refractivity contribution in [3.63, 3.8) is 0 Å². The van der Waals surface area contributed by atoms with E-state index in [0.717, 1.165) is 17.7 Å².